The molecule has 1 atom stereocenters. The number of methoxy groups -OCH3 is 1. The van der Waals surface area contributed by atoms with E-state index in [0.29, 0.717) is 11.1 Å². The maximum atomic E-state index is 12.5. The normalized spacial score (nSPS) is 13.6. The minimum atomic E-state index is -4.43. The van der Waals surface area contributed by atoms with Gasteiger partial charge < -0.3 is 10.5 Å². The molecule has 0 bridgehead atoms. The first-order valence-electron chi connectivity index (χ1n) is 5.32. The van der Waals surface area contributed by atoms with Crippen molar-refractivity contribution >= 4 is 10.8 Å². The highest BCUT2D eigenvalue weighted by Gasteiger charge is 2.37. The third-order valence-corrected chi connectivity index (χ3v) is 2.78. The molecular weight excluding hydrogens is 243 g/mol. The van der Waals surface area contributed by atoms with Gasteiger partial charge in [-0.3, -0.25) is 0 Å². The zero-order chi connectivity index (χ0) is 13.3. The summed E-state index contributed by atoms with van der Waals surface area (Å²) in [5.41, 5.74) is 5.23. The van der Waals surface area contributed by atoms with Crippen LogP contribution in [0.25, 0.3) is 10.8 Å². The standard InChI is InChI=1S/C13H12F3NO/c1-18-11-5-4-8-6-10(3-2-9(8)7-11)12(17)13(14,15)16/h2-7,12H,17H2,1H3/t12-/m0/s1. The van der Waals surface area contributed by atoms with Crippen LogP contribution >= 0.6 is 0 Å². The van der Waals surface area contributed by atoms with E-state index in [2.05, 4.69) is 0 Å². The van der Waals surface area contributed by atoms with Crippen molar-refractivity contribution in [3.05, 3.63) is 42.0 Å². The number of hydrogen-bond donors (Lipinski definition) is 1. The van der Waals surface area contributed by atoms with Crippen molar-refractivity contribution in [3.8, 4) is 5.75 Å². The molecule has 0 spiro atoms. The van der Waals surface area contributed by atoms with Crippen LogP contribution in [0.4, 0.5) is 13.2 Å². The number of benzene rings is 2. The van der Waals surface area contributed by atoms with E-state index >= 15 is 0 Å². The summed E-state index contributed by atoms with van der Waals surface area (Å²) in [6.07, 6.45) is -4.43. The Kier molecular flexibility index (Phi) is 3.17. The van der Waals surface area contributed by atoms with Crippen molar-refractivity contribution in [3.63, 3.8) is 0 Å². The van der Waals surface area contributed by atoms with Crippen LogP contribution in [0, 0.1) is 0 Å². The topological polar surface area (TPSA) is 35.2 Å². The number of fused-ring (bicyclic) bond motifs is 1. The summed E-state index contributed by atoms with van der Waals surface area (Å²) in [5, 5.41) is 1.51. The van der Waals surface area contributed by atoms with Crippen LogP contribution in [0.15, 0.2) is 36.4 Å². The highest BCUT2D eigenvalue weighted by atomic mass is 19.4. The van der Waals surface area contributed by atoms with Crippen LogP contribution < -0.4 is 10.5 Å². The highest BCUT2D eigenvalue weighted by Crippen LogP contribution is 2.32. The van der Waals surface area contributed by atoms with E-state index in [9.17, 15) is 13.2 Å². The Bertz CT molecular complexity index is 566. The van der Waals surface area contributed by atoms with Crippen molar-refractivity contribution in [2.75, 3.05) is 7.11 Å². The summed E-state index contributed by atoms with van der Waals surface area (Å²) in [4.78, 5) is 0. The van der Waals surface area contributed by atoms with E-state index in [-0.39, 0.29) is 5.56 Å². The predicted molar refractivity (Wildman–Crippen MR) is 63.5 cm³/mol. The zero-order valence-electron chi connectivity index (χ0n) is 9.66. The lowest BCUT2D eigenvalue weighted by Crippen LogP contribution is -2.28. The van der Waals surface area contributed by atoms with Crippen LogP contribution in [0.5, 0.6) is 5.75 Å². The van der Waals surface area contributed by atoms with Gasteiger partial charge in [-0.15, -0.1) is 0 Å². The van der Waals surface area contributed by atoms with Gasteiger partial charge in [-0.2, -0.15) is 13.2 Å². The number of rotatable bonds is 2. The molecule has 0 saturated carbocycles. The predicted octanol–water partition coefficient (Wildman–Crippen LogP) is 3.41. The van der Waals surface area contributed by atoms with Gasteiger partial charge in [-0.05, 0) is 34.5 Å². The second-order valence-corrected chi connectivity index (χ2v) is 3.99. The molecule has 2 rings (SSSR count). The summed E-state index contributed by atoms with van der Waals surface area (Å²) < 4.78 is 42.6. The Morgan fingerprint density at radius 2 is 1.67 bits per heavy atom. The van der Waals surface area contributed by atoms with Gasteiger partial charge in [0.15, 0.2) is 0 Å². The minimum absolute atomic E-state index is 0.0557. The molecule has 0 radical (unpaired) electrons. The molecule has 0 aliphatic rings. The molecule has 5 heteroatoms. The van der Waals surface area contributed by atoms with Gasteiger partial charge in [0.25, 0.3) is 0 Å². The third kappa shape index (κ3) is 2.41. The van der Waals surface area contributed by atoms with E-state index in [4.69, 9.17) is 10.5 Å². The van der Waals surface area contributed by atoms with E-state index in [1.807, 2.05) is 0 Å². The summed E-state index contributed by atoms with van der Waals surface area (Å²) in [6.45, 7) is 0. The van der Waals surface area contributed by atoms with E-state index in [1.165, 1.54) is 19.2 Å². The summed E-state index contributed by atoms with van der Waals surface area (Å²) in [6, 6.07) is 7.67. The Morgan fingerprint density at radius 3 is 2.28 bits per heavy atom. The second kappa shape index (κ2) is 4.49. The van der Waals surface area contributed by atoms with Crippen LogP contribution in [0.3, 0.4) is 0 Å². The number of ether oxygens (including phenoxy) is 1. The molecule has 0 saturated heterocycles. The van der Waals surface area contributed by atoms with Crippen LogP contribution in [0.2, 0.25) is 0 Å². The van der Waals surface area contributed by atoms with Gasteiger partial charge in [-0.25, -0.2) is 0 Å². The first-order valence-corrected chi connectivity index (χ1v) is 5.32. The average molecular weight is 255 g/mol. The number of halogens is 3. The van der Waals surface area contributed by atoms with Crippen molar-refractivity contribution in [2.45, 2.75) is 12.2 Å². The molecule has 0 unspecified atom stereocenters. The molecule has 2 aromatic carbocycles. The lowest BCUT2D eigenvalue weighted by Gasteiger charge is -2.16. The third-order valence-electron chi connectivity index (χ3n) is 2.78. The Labute approximate surface area is 102 Å². The fourth-order valence-electron chi connectivity index (χ4n) is 1.75. The minimum Gasteiger partial charge on any atom is -0.497 e. The van der Waals surface area contributed by atoms with Crippen LogP contribution in [0.1, 0.15) is 11.6 Å². The Hall–Kier alpha value is -1.75. The quantitative estimate of drug-likeness (QED) is 0.892. The molecule has 2 N–H and O–H groups in total. The largest absolute Gasteiger partial charge is 0.497 e. The van der Waals surface area contributed by atoms with E-state index in [1.54, 1.807) is 24.3 Å². The van der Waals surface area contributed by atoms with Gasteiger partial charge in [0.2, 0.25) is 0 Å². The molecule has 0 amide bonds. The SMILES string of the molecule is COc1ccc2cc([C@H](N)C(F)(F)F)ccc2c1. The molecule has 18 heavy (non-hydrogen) atoms. The maximum Gasteiger partial charge on any atom is 0.407 e. The first kappa shape index (κ1) is 12.7. The molecule has 0 fully saturated rings. The summed E-state index contributed by atoms with van der Waals surface area (Å²) in [5.74, 6) is 0.662. The molecular formula is C13H12F3NO. The van der Waals surface area contributed by atoms with E-state index in [0.717, 1.165) is 5.39 Å². The maximum absolute atomic E-state index is 12.5. The average Bonchev–Trinajstić information content (AvgIpc) is 2.35. The van der Waals surface area contributed by atoms with E-state index < -0.39 is 12.2 Å². The number of hydrogen-bond acceptors (Lipinski definition) is 2. The summed E-state index contributed by atoms with van der Waals surface area (Å²) >= 11 is 0. The zero-order valence-corrected chi connectivity index (χ0v) is 9.66. The van der Waals surface area contributed by atoms with Crippen LogP contribution in [-0.4, -0.2) is 13.3 Å². The monoisotopic (exact) mass is 255 g/mol. The molecule has 0 aliphatic heterocycles. The van der Waals surface area contributed by atoms with Crippen molar-refractivity contribution in [2.24, 2.45) is 5.73 Å². The lowest BCUT2D eigenvalue weighted by molar-refractivity contribution is -0.149. The molecule has 2 nitrogen and oxygen atoms in total. The molecule has 0 aliphatic carbocycles. The Balaban J connectivity index is 2.45. The van der Waals surface area contributed by atoms with Gasteiger partial charge >= 0.3 is 6.18 Å². The Morgan fingerprint density at radius 1 is 1.06 bits per heavy atom. The number of nitrogens with two attached hydrogens (primary N) is 1. The fraction of sp³-hybridized carbons (Fsp3) is 0.231. The highest BCUT2D eigenvalue weighted by molar-refractivity contribution is 5.84. The van der Waals surface area contributed by atoms with Crippen LogP contribution in [-0.2, 0) is 0 Å². The summed E-state index contributed by atoms with van der Waals surface area (Å²) in [7, 11) is 1.54. The first-order chi connectivity index (χ1) is 8.41. The van der Waals surface area contributed by atoms with Gasteiger partial charge in [0.05, 0.1) is 7.11 Å². The second-order valence-electron chi connectivity index (χ2n) is 3.99. The van der Waals surface area contributed by atoms with Crippen molar-refractivity contribution in [1.82, 2.24) is 0 Å². The van der Waals surface area contributed by atoms with Gasteiger partial charge in [0, 0.05) is 0 Å². The van der Waals surface area contributed by atoms with Crippen molar-refractivity contribution in [1.29, 1.82) is 0 Å². The molecule has 2 aromatic rings. The molecule has 0 aromatic heterocycles. The fourth-order valence-corrected chi connectivity index (χ4v) is 1.75. The molecule has 96 valence electrons. The molecule has 0 heterocycles. The van der Waals surface area contributed by atoms with Gasteiger partial charge in [0.1, 0.15) is 11.8 Å². The number of alkyl halides is 3. The smallest absolute Gasteiger partial charge is 0.407 e. The van der Waals surface area contributed by atoms with Crippen molar-refractivity contribution < 1.29 is 17.9 Å². The lowest BCUT2D eigenvalue weighted by atomic mass is 10.0. The van der Waals surface area contributed by atoms with Gasteiger partial charge in [-0.1, -0.05) is 18.2 Å².